The summed E-state index contributed by atoms with van der Waals surface area (Å²) in [5.41, 5.74) is 1.41. The molecule has 0 aliphatic rings. The van der Waals surface area contributed by atoms with Gasteiger partial charge in [-0.2, -0.15) is 4.73 Å². The molecule has 0 saturated carbocycles. The van der Waals surface area contributed by atoms with E-state index in [4.69, 9.17) is 32.4 Å². The Hall–Kier alpha value is -2.96. The third kappa shape index (κ3) is 2.93. The highest BCUT2D eigenvalue weighted by molar-refractivity contribution is 6.34. The first-order chi connectivity index (χ1) is 13.0. The maximum Gasteiger partial charge on any atom is 0.278 e. The van der Waals surface area contributed by atoms with Crippen molar-refractivity contribution >= 4 is 51.0 Å². The van der Waals surface area contributed by atoms with Gasteiger partial charge < -0.3 is 14.4 Å². The number of hydrogen-bond donors (Lipinski definition) is 1. The van der Waals surface area contributed by atoms with Gasteiger partial charge in [0.25, 0.3) is 5.91 Å². The lowest BCUT2D eigenvalue weighted by Gasteiger charge is -2.04. The molecule has 27 heavy (non-hydrogen) atoms. The number of pyridine rings is 1. The van der Waals surface area contributed by atoms with Crippen molar-refractivity contribution in [3.63, 3.8) is 0 Å². The first-order valence-corrected chi connectivity index (χ1v) is 8.59. The lowest BCUT2D eigenvalue weighted by molar-refractivity contribution is 0.0999. The third-order valence-corrected chi connectivity index (χ3v) is 4.65. The summed E-state index contributed by atoms with van der Waals surface area (Å²) in [6.45, 7) is 0. The number of carbonyl (C=O) groups is 1. The molecule has 6 nitrogen and oxygen atoms in total. The Morgan fingerprint density at radius 1 is 1.15 bits per heavy atom. The fourth-order valence-electron chi connectivity index (χ4n) is 2.92. The Kier molecular flexibility index (Phi) is 4.30. The van der Waals surface area contributed by atoms with Crippen molar-refractivity contribution < 1.29 is 19.2 Å². The maximum absolute atomic E-state index is 12.9. The molecule has 1 amide bonds. The predicted molar refractivity (Wildman–Crippen MR) is 102 cm³/mol. The molecule has 8 heteroatoms. The molecular weight excluding hydrogens is 391 g/mol. The van der Waals surface area contributed by atoms with Gasteiger partial charge in [0.05, 0.1) is 35.1 Å². The van der Waals surface area contributed by atoms with Crippen molar-refractivity contribution in [2.45, 2.75) is 0 Å². The van der Waals surface area contributed by atoms with E-state index < -0.39 is 5.91 Å². The number of furan rings is 1. The van der Waals surface area contributed by atoms with Crippen molar-refractivity contribution in [2.75, 3.05) is 7.11 Å². The van der Waals surface area contributed by atoms with Crippen LogP contribution in [0.5, 0.6) is 5.75 Å². The van der Waals surface area contributed by atoms with E-state index in [1.165, 1.54) is 19.5 Å². The Labute approximate surface area is 162 Å². The molecule has 4 aromatic rings. The minimum atomic E-state index is -0.548. The number of benzene rings is 2. The summed E-state index contributed by atoms with van der Waals surface area (Å²) in [6, 6.07) is 10.6. The van der Waals surface area contributed by atoms with Crippen LogP contribution in [0, 0.1) is 0 Å². The largest absolute Gasteiger partial charge is 0.493 e. The number of carbonyl (C=O) groups excluding carboxylic acids is 1. The molecule has 0 fully saturated rings. The summed E-state index contributed by atoms with van der Waals surface area (Å²) in [6.07, 6.45) is 2.38. The Bertz CT molecular complexity index is 1250. The summed E-state index contributed by atoms with van der Waals surface area (Å²) in [5, 5.41) is 11.0. The molecular formula is C19H12Cl2N2O4. The van der Waals surface area contributed by atoms with Gasteiger partial charge in [-0.25, -0.2) is 4.99 Å². The number of hydrogen-bond acceptors (Lipinski definition) is 4. The first-order valence-electron chi connectivity index (χ1n) is 7.83. The van der Waals surface area contributed by atoms with E-state index in [0.29, 0.717) is 32.6 Å². The summed E-state index contributed by atoms with van der Waals surface area (Å²) in [5.74, 6) is -0.0384. The van der Waals surface area contributed by atoms with Crippen LogP contribution in [0.15, 0.2) is 58.2 Å². The van der Waals surface area contributed by atoms with Crippen LogP contribution in [0.1, 0.15) is 10.4 Å². The van der Waals surface area contributed by atoms with E-state index in [0.717, 1.165) is 5.39 Å². The van der Waals surface area contributed by atoms with Gasteiger partial charge in [-0.15, -0.1) is 0 Å². The maximum atomic E-state index is 12.9. The fraction of sp³-hybridized carbons (Fsp3) is 0.0526. The van der Waals surface area contributed by atoms with E-state index in [-0.39, 0.29) is 15.4 Å². The average Bonchev–Trinajstić information content (AvgIpc) is 3.03. The standard InChI is InChI=1S/C19H12Cl2N2O4/c1-26-15-7-6-11(16-10-4-2-3-5-14(10)27-18(15)16)19(24)22-17-12(20)8-23(25)9-13(17)21/h2-9,25H,1H3. The second kappa shape index (κ2) is 6.64. The number of amides is 1. The zero-order valence-electron chi connectivity index (χ0n) is 13.9. The van der Waals surface area contributed by atoms with Gasteiger partial charge in [0.2, 0.25) is 0 Å². The average molecular weight is 403 g/mol. The molecule has 0 bridgehead atoms. The van der Waals surface area contributed by atoms with Gasteiger partial charge in [0.1, 0.15) is 10.9 Å². The molecule has 2 aromatic heterocycles. The predicted octanol–water partition coefficient (Wildman–Crippen LogP) is 4.68. The lowest BCUT2D eigenvalue weighted by atomic mass is 10.1. The van der Waals surface area contributed by atoms with E-state index in [1.807, 2.05) is 24.3 Å². The van der Waals surface area contributed by atoms with E-state index >= 15 is 0 Å². The number of nitrogens with zero attached hydrogens (tertiary/aromatic N) is 2. The number of methoxy groups -OCH3 is 1. The topological polar surface area (TPSA) is 77.0 Å². The Balaban J connectivity index is 2.00. The van der Waals surface area contributed by atoms with Crippen LogP contribution < -0.4 is 10.1 Å². The van der Waals surface area contributed by atoms with Gasteiger partial charge in [-0.05, 0) is 18.2 Å². The SMILES string of the molecule is COc1ccc(C(=O)N=c2c(Cl)cn(O)cc2Cl)c2c1oc1ccccc12. The zero-order valence-corrected chi connectivity index (χ0v) is 15.5. The molecule has 0 radical (unpaired) electrons. The normalized spacial score (nSPS) is 11.1. The zero-order chi connectivity index (χ0) is 19.1. The van der Waals surface area contributed by atoms with Gasteiger partial charge in [-0.3, -0.25) is 4.79 Å². The highest BCUT2D eigenvalue weighted by Gasteiger charge is 2.19. The fourth-order valence-corrected chi connectivity index (χ4v) is 3.45. The molecule has 0 aliphatic carbocycles. The molecule has 0 atom stereocenters. The van der Waals surface area contributed by atoms with E-state index in [2.05, 4.69) is 4.99 Å². The molecule has 1 N–H and O–H groups in total. The van der Waals surface area contributed by atoms with Crippen LogP contribution in [0.25, 0.3) is 21.9 Å². The number of halogens is 2. The number of fused-ring (bicyclic) bond motifs is 3. The molecule has 0 spiro atoms. The van der Waals surface area contributed by atoms with Gasteiger partial charge in [0.15, 0.2) is 11.3 Å². The summed E-state index contributed by atoms with van der Waals surface area (Å²) in [7, 11) is 1.53. The van der Waals surface area contributed by atoms with E-state index in [9.17, 15) is 10.0 Å². The molecule has 0 unspecified atom stereocenters. The second-order valence-electron chi connectivity index (χ2n) is 5.72. The highest BCUT2D eigenvalue weighted by atomic mass is 35.5. The molecule has 4 rings (SSSR count). The van der Waals surface area contributed by atoms with Crippen LogP contribution in [0.2, 0.25) is 10.0 Å². The third-order valence-electron chi connectivity index (χ3n) is 4.10. The number of aromatic nitrogens is 1. The van der Waals surface area contributed by atoms with Crippen molar-refractivity contribution in [3.05, 3.63) is 69.8 Å². The van der Waals surface area contributed by atoms with Crippen molar-refractivity contribution in [1.82, 2.24) is 4.73 Å². The molecule has 0 aliphatic heterocycles. The number of para-hydroxylation sites is 1. The number of rotatable bonds is 2. The highest BCUT2D eigenvalue weighted by Crippen LogP contribution is 2.37. The second-order valence-corrected chi connectivity index (χ2v) is 6.53. The van der Waals surface area contributed by atoms with Crippen LogP contribution in [0.4, 0.5) is 0 Å². The first kappa shape index (κ1) is 17.5. The van der Waals surface area contributed by atoms with Gasteiger partial charge in [-0.1, -0.05) is 41.4 Å². The van der Waals surface area contributed by atoms with Crippen molar-refractivity contribution in [1.29, 1.82) is 0 Å². The van der Waals surface area contributed by atoms with Gasteiger partial charge in [0, 0.05) is 10.8 Å². The Morgan fingerprint density at radius 3 is 2.56 bits per heavy atom. The molecule has 2 aromatic carbocycles. The summed E-state index contributed by atoms with van der Waals surface area (Å²) < 4.78 is 11.9. The van der Waals surface area contributed by atoms with Gasteiger partial charge >= 0.3 is 0 Å². The van der Waals surface area contributed by atoms with Crippen LogP contribution in [-0.2, 0) is 0 Å². The van der Waals surface area contributed by atoms with Crippen molar-refractivity contribution in [3.8, 4) is 5.75 Å². The minimum absolute atomic E-state index is 0.0418. The number of ether oxygens (including phenoxy) is 1. The Morgan fingerprint density at radius 2 is 1.85 bits per heavy atom. The van der Waals surface area contributed by atoms with Crippen molar-refractivity contribution in [2.24, 2.45) is 4.99 Å². The van der Waals surface area contributed by atoms with Crippen LogP contribution >= 0.6 is 23.2 Å². The quantitative estimate of drug-likeness (QED) is 0.493. The lowest BCUT2D eigenvalue weighted by Crippen LogP contribution is -2.12. The molecule has 0 saturated heterocycles. The minimum Gasteiger partial charge on any atom is -0.493 e. The van der Waals surface area contributed by atoms with E-state index in [1.54, 1.807) is 12.1 Å². The molecule has 136 valence electrons. The summed E-state index contributed by atoms with van der Waals surface area (Å²) >= 11 is 12.1. The van der Waals surface area contributed by atoms with Crippen LogP contribution in [0.3, 0.4) is 0 Å². The molecule has 2 heterocycles. The van der Waals surface area contributed by atoms with Crippen LogP contribution in [-0.4, -0.2) is 23.0 Å². The summed E-state index contributed by atoms with van der Waals surface area (Å²) in [4.78, 5) is 17.0. The monoisotopic (exact) mass is 402 g/mol. The smallest absolute Gasteiger partial charge is 0.278 e.